The summed E-state index contributed by atoms with van der Waals surface area (Å²) in [4.78, 5) is 26.6. The van der Waals surface area contributed by atoms with Gasteiger partial charge in [0.1, 0.15) is 17.8 Å². The van der Waals surface area contributed by atoms with Gasteiger partial charge in [-0.2, -0.15) is 0 Å². The van der Waals surface area contributed by atoms with Crippen molar-refractivity contribution < 1.29 is 13.9 Å². The van der Waals surface area contributed by atoms with Gasteiger partial charge in [-0.3, -0.25) is 4.79 Å². The van der Waals surface area contributed by atoms with Crippen molar-refractivity contribution in [3.63, 3.8) is 0 Å². The molecule has 162 valence electrons. The Bertz CT molecular complexity index is 1290. The fourth-order valence-corrected chi connectivity index (χ4v) is 3.55. The summed E-state index contributed by atoms with van der Waals surface area (Å²) in [6.45, 7) is 4.37. The number of hydrogen-bond donors (Lipinski definition) is 1. The van der Waals surface area contributed by atoms with E-state index in [1.165, 1.54) is 31.8 Å². The van der Waals surface area contributed by atoms with E-state index in [4.69, 9.17) is 10.5 Å². The predicted octanol–water partition coefficient (Wildman–Crippen LogP) is 3.44. The first-order valence-electron chi connectivity index (χ1n) is 9.81. The van der Waals surface area contributed by atoms with Crippen LogP contribution in [0, 0.1) is 5.82 Å². The van der Waals surface area contributed by atoms with E-state index >= 15 is 0 Å². The zero-order valence-electron chi connectivity index (χ0n) is 17.4. The topological polar surface area (TPSA) is 99.2 Å². The summed E-state index contributed by atoms with van der Waals surface area (Å²) in [5.41, 5.74) is 8.61. The second-order valence-corrected chi connectivity index (χ2v) is 6.94. The third-order valence-corrected chi connectivity index (χ3v) is 5.07. The number of nitrogens with two attached hydrogens (primary N) is 1. The molecule has 4 aromatic rings. The summed E-state index contributed by atoms with van der Waals surface area (Å²) in [6, 6.07) is 10.6. The van der Waals surface area contributed by atoms with E-state index in [2.05, 4.69) is 21.5 Å². The number of aromatic nitrogens is 4. The highest BCUT2D eigenvalue weighted by Crippen LogP contribution is 2.33. The number of benzene rings is 1. The zero-order chi connectivity index (χ0) is 22.7. The number of pyridine rings is 1. The van der Waals surface area contributed by atoms with Gasteiger partial charge in [-0.05, 0) is 24.3 Å². The molecule has 9 heteroatoms. The molecule has 0 aliphatic carbocycles. The van der Waals surface area contributed by atoms with Gasteiger partial charge in [0.05, 0.1) is 12.5 Å². The standard InChI is InChI=1S/C23H21FN6O2/c1-3-19(31)30(16-7-5-4-6-8-16)10-9-29-13-17(20-21(25)27-14-28-22(20)29)15-11-18(24)23(32-2)26-12-15/h3-8,11-14H,1,9-10H2,2H3,(H2,25,27,28). The van der Waals surface area contributed by atoms with Crippen LogP contribution in [0.4, 0.5) is 15.9 Å². The number of methoxy groups -OCH3 is 1. The number of para-hydroxylation sites is 1. The molecular formula is C23H21FN6O2. The summed E-state index contributed by atoms with van der Waals surface area (Å²) in [7, 11) is 1.35. The monoisotopic (exact) mass is 432 g/mol. The van der Waals surface area contributed by atoms with E-state index in [0.717, 1.165) is 5.69 Å². The van der Waals surface area contributed by atoms with Crippen molar-refractivity contribution in [2.24, 2.45) is 0 Å². The van der Waals surface area contributed by atoms with Gasteiger partial charge < -0.3 is 19.9 Å². The van der Waals surface area contributed by atoms with Crippen molar-refractivity contribution in [3.8, 4) is 17.0 Å². The first-order valence-corrected chi connectivity index (χ1v) is 9.81. The Hall–Kier alpha value is -4.27. The van der Waals surface area contributed by atoms with Gasteiger partial charge in [-0.15, -0.1) is 0 Å². The van der Waals surface area contributed by atoms with Crippen LogP contribution in [0.15, 0.2) is 67.8 Å². The number of ether oxygens (including phenoxy) is 1. The van der Waals surface area contributed by atoms with Crippen LogP contribution >= 0.6 is 0 Å². The molecule has 0 radical (unpaired) electrons. The second kappa shape index (κ2) is 8.84. The quantitative estimate of drug-likeness (QED) is 0.449. The van der Waals surface area contributed by atoms with Crippen molar-refractivity contribution >= 4 is 28.4 Å². The summed E-state index contributed by atoms with van der Waals surface area (Å²) in [5.74, 6) is -0.637. The number of anilines is 2. The number of rotatable bonds is 7. The smallest absolute Gasteiger partial charge is 0.250 e. The Morgan fingerprint density at radius 1 is 1.28 bits per heavy atom. The van der Waals surface area contributed by atoms with Crippen LogP contribution in [-0.2, 0) is 11.3 Å². The van der Waals surface area contributed by atoms with Crippen molar-refractivity contribution in [2.75, 3.05) is 24.3 Å². The summed E-state index contributed by atoms with van der Waals surface area (Å²) < 4.78 is 21.1. The molecule has 32 heavy (non-hydrogen) atoms. The van der Waals surface area contributed by atoms with Crippen LogP contribution in [0.1, 0.15) is 0 Å². The molecule has 3 heterocycles. The zero-order valence-corrected chi connectivity index (χ0v) is 17.4. The highest BCUT2D eigenvalue weighted by molar-refractivity contribution is 6.01. The second-order valence-electron chi connectivity index (χ2n) is 6.94. The molecule has 4 rings (SSSR count). The first kappa shape index (κ1) is 21.0. The van der Waals surface area contributed by atoms with E-state index in [1.807, 2.05) is 34.9 Å². The molecule has 8 nitrogen and oxygen atoms in total. The first-order chi connectivity index (χ1) is 15.5. The Labute approximate surface area is 183 Å². The van der Waals surface area contributed by atoms with Crippen LogP contribution in [0.5, 0.6) is 5.88 Å². The number of halogens is 1. The molecule has 0 saturated carbocycles. The van der Waals surface area contributed by atoms with Crippen LogP contribution < -0.4 is 15.4 Å². The Balaban J connectivity index is 1.74. The van der Waals surface area contributed by atoms with Gasteiger partial charge >= 0.3 is 0 Å². The Morgan fingerprint density at radius 3 is 2.75 bits per heavy atom. The average molecular weight is 432 g/mol. The van der Waals surface area contributed by atoms with Crippen molar-refractivity contribution in [3.05, 3.63) is 73.6 Å². The van der Waals surface area contributed by atoms with Crippen molar-refractivity contribution in [2.45, 2.75) is 6.54 Å². The maximum atomic E-state index is 14.3. The third kappa shape index (κ3) is 3.87. The maximum Gasteiger partial charge on any atom is 0.250 e. The number of carbonyl (C=O) groups excluding carboxylic acids is 1. The van der Waals surface area contributed by atoms with E-state index in [9.17, 15) is 9.18 Å². The van der Waals surface area contributed by atoms with E-state index in [0.29, 0.717) is 35.2 Å². The molecule has 1 amide bonds. The van der Waals surface area contributed by atoms with Crippen LogP contribution in [0.25, 0.3) is 22.2 Å². The lowest BCUT2D eigenvalue weighted by atomic mass is 10.1. The minimum atomic E-state index is -0.590. The minimum Gasteiger partial charge on any atom is -0.479 e. The molecule has 0 unspecified atom stereocenters. The third-order valence-electron chi connectivity index (χ3n) is 5.07. The van der Waals surface area contributed by atoms with Gasteiger partial charge in [0.2, 0.25) is 11.8 Å². The van der Waals surface area contributed by atoms with Crippen LogP contribution in [-0.4, -0.2) is 39.1 Å². The predicted molar refractivity (Wildman–Crippen MR) is 121 cm³/mol. The summed E-state index contributed by atoms with van der Waals surface area (Å²) in [5, 5.41) is 0.583. The van der Waals surface area contributed by atoms with Crippen molar-refractivity contribution in [1.82, 2.24) is 19.5 Å². The Morgan fingerprint density at radius 2 is 2.06 bits per heavy atom. The number of nitrogen functional groups attached to an aromatic ring is 1. The lowest BCUT2D eigenvalue weighted by Crippen LogP contribution is -2.32. The highest BCUT2D eigenvalue weighted by Gasteiger charge is 2.19. The molecule has 0 aliphatic heterocycles. The molecule has 0 bridgehead atoms. The SMILES string of the molecule is C=CC(=O)N(CCn1cc(-c2cnc(OC)c(F)c2)c2c(N)ncnc21)c1ccccc1. The lowest BCUT2D eigenvalue weighted by molar-refractivity contribution is -0.114. The number of carbonyl (C=O) groups is 1. The summed E-state index contributed by atoms with van der Waals surface area (Å²) in [6.07, 6.45) is 5.96. The molecule has 3 aromatic heterocycles. The Kier molecular flexibility index (Phi) is 5.80. The lowest BCUT2D eigenvalue weighted by Gasteiger charge is -2.21. The van der Waals surface area contributed by atoms with Gasteiger partial charge in [0.25, 0.3) is 0 Å². The van der Waals surface area contributed by atoms with E-state index < -0.39 is 5.82 Å². The highest BCUT2D eigenvalue weighted by atomic mass is 19.1. The fourth-order valence-electron chi connectivity index (χ4n) is 3.55. The fraction of sp³-hybridized carbons (Fsp3) is 0.130. The normalized spacial score (nSPS) is 10.8. The van der Waals surface area contributed by atoms with Crippen LogP contribution in [0.3, 0.4) is 0 Å². The number of hydrogen-bond acceptors (Lipinski definition) is 6. The van der Waals surface area contributed by atoms with E-state index in [-0.39, 0.29) is 17.6 Å². The molecule has 2 N–H and O–H groups in total. The maximum absolute atomic E-state index is 14.3. The molecule has 0 fully saturated rings. The minimum absolute atomic E-state index is 0.0943. The number of nitrogens with zero attached hydrogens (tertiary/aromatic N) is 5. The van der Waals surface area contributed by atoms with Gasteiger partial charge in [-0.1, -0.05) is 24.8 Å². The molecule has 1 aromatic carbocycles. The summed E-state index contributed by atoms with van der Waals surface area (Å²) >= 11 is 0. The molecular weight excluding hydrogens is 411 g/mol. The van der Waals surface area contributed by atoms with E-state index in [1.54, 1.807) is 11.1 Å². The van der Waals surface area contributed by atoms with Gasteiger partial charge in [0, 0.05) is 42.3 Å². The molecule has 0 saturated heterocycles. The number of fused-ring (bicyclic) bond motifs is 1. The largest absolute Gasteiger partial charge is 0.479 e. The van der Waals surface area contributed by atoms with Crippen molar-refractivity contribution in [1.29, 1.82) is 0 Å². The molecule has 0 atom stereocenters. The van der Waals surface area contributed by atoms with Gasteiger partial charge in [-0.25, -0.2) is 19.3 Å². The van der Waals surface area contributed by atoms with Gasteiger partial charge in [0.15, 0.2) is 5.82 Å². The molecule has 0 spiro atoms. The molecule has 0 aliphatic rings. The van der Waals surface area contributed by atoms with Crippen LogP contribution in [0.2, 0.25) is 0 Å². The average Bonchev–Trinajstić information content (AvgIpc) is 3.19. The number of amides is 1.